The number of hydrogen-bond donors (Lipinski definition) is 0. The lowest BCUT2D eigenvalue weighted by atomic mass is 9.98. The maximum Gasteiger partial charge on any atom is 0.416 e. The number of halogens is 4. The van der Waals surface area contributed by atoms with Gasteiger partial charge in [0.1, 0.15) is 6.61 Å². The van der Waals surface area contributed by atoms with E-state index in [1.807, 2.05) is 48.5 Å². The van der Waals surface area contributed by atoms with Crippen LogP contribution in [0.3, 0.4) is 0 Å². The Morgan fingerprint density at radius 2 is 1.69 bits per heavy atom. The quantitative estimate of drug-likeness (QED) is 0.159. The molecule has 0 radical (unpaired) electrons. The van der Waals surface area contributed by atoms with E-state index in [0.29, 0.717) is 16.1 Å². The van der Waals surface area contributed by atoms with Crippen molar-refractivity contribution in [1.29, 1.82) is 0 Å². The van der Waals surface area contributed by atoms with Crippen LogP contribution >= 0.6 is 23.4 Å². The number of nitrogens with zero attached hydrogens (tertiary/aromatic N) is 1. The van der Waals surface area contributed by atoms with Crippen molar-refractivity contribution in [3.63, 3.8) is 0 Å². The van der Waals surface area contributed by atoms with Crippen molar-refractivity contribution in [1.82, 2.24) is 4.98 Å². The van der Waals surface area contributed by atoms with Crippen LogP contribution in [0, 0.1) is 0 Å². The fourth-order valence-electron chi connectivity index (χ4n) is 4.72. The lowest BCUT2D eigenvalue weighted by molar-refractivity contribution is -0.143. The molecule has 0 saturated heterocycles. The summed E-state index contributed by atoms with van der Waals surface area (Å²) in [5.74, 6) is -0.650. The molecule has 0 atom stereocenters. The summed E-state index contributed by atoms with van der Waals surface area (Å²) in [6, 6.07) is 19.3. The van der Waals surface area contributed by atoms with Crippen LogP contribution in [0.4, 0.5) is 13.2 Å². The Bertz CT molecular complexity index is 1510. The topological polar surface area (TPSA) is 56.3 Å². The summed E-state index contributed by atoms with van der Waals surface area (Å²) in [5, 5.41) is -0.119. The van der Waals surface area contributed by atoms with E-state index in [2.05, 4.69) is 4.98 Å². The fraction of sp³-hybridized carbons (Fsp3) is 0.167. The molecule has 0 unspecified atom stereocenters. The van der Waals surface area contributed by atoms with Gasteiger partial charge in [-0.3, -0.25) is 14.6 Å². The molecule has 39 heavy (non-hydrogen) atoms. The predicted octanol–water partition coefficient (Wildman–Crippen LogP) is 8.01. The van der Waals surface area contributed by atoms with E-state index in [1.165, 1.54) is 12.4 Å². The highest BCUT2D eigenvalue weighted by molar-refractivity contribution is 7.99. The molecule has 0 fully saturated rings. The first-order valence-electron chi connectivity index (χ1n) is 12.1. The highest BCUT2D eigenvalue weighted by Crippen LogP contribution is 2.45. The molecule has 9 heteroatoms. The van der Waals surface area contributed by atoms with Crippen LogP contribution in [0.25, 0.3) is 11.1 Å². The zero-order valence-corrected chi connectivity index (χ0v) is 21.9. The Kier molecular flexibility index (Phi) is 7.77. The summed E-state index contributed by atoms with van der Waals surface area (Å²) < 4.78 is 46.3. The second kappa shape index (κ2) is 11.2. The van der Waals surface area contributed by atoms with E-state index < -0.39 is 17.7 Å². The van der Waals surface area contributed by atoms with E-state index >= 15 is 0 Å². The standard InChI is InChI=1S/C30H21ClF3NO3S/c31-26-14-20(30(32,33)34)13-18(29(26)39-27-11-12-35-15-19(27)16-36)9-10-28(37)38-17-25-23-7-3-1-5-21(23)22-6-2-4-8-24(22)25/h1-8,11-16,25H,9-10,17H2. The summed E-state index contributed by atoms with van der Waals surface area (Å²) in [7, 11) is 0. The van der Waals surface area contributed by atoms with Gasteiger partial charge < -0.3 is 4.74 Å². The molecule has 1 heterocycles. The van der Waals surface area contributed by atoms with Gasteiger partial charge in [0.15, 0.2) is 6.29 Å². The molecule has 0 bridgehead atoms. The molecule has 0 saturated carbocycles. The number of alkyl halides is 3. The second-order valence-electron chi connectivity index (χ2n) is 8.99. The Labute approximate surface area is 232 Å². The molecule has 1 aliphatic carbocycles. The number of esters is 1. The van der Waals surface area contributed by atoms with E-state index in [-0.39, 0.29) is 41.5 Å². The molecule has 0 N–H and O–H groups in total. The minimum Gasteiger partial charge on any atom is -0.465 e. The van der Waals surface area contributed by atoms with Gasteiger partial charge in [0.25, 0.3) is 0 Å². The van der Waals surface area contributed by atoms with Crippen LogP contribution in [0.5, 0.6) is 0 Å². The number of aldehydes is 1. The number of benzene rings is 3. The first kappa shape index (κ1) is 27.0. The molecule has 4 aromatic rings. The summed E-state index contributed by atoms with van der Waals surface area (Å²) in [6.45, 7) is 0.123. The minimum atomic E-state index is -4.62. The third-order valence-electron chi connectivity index (χ3n) is 6.57. The number of pyridine rings is 1. The molecule has 3 aromatic carbocycles. The zero-order chi connectivity index (χ0) is 27.6. The number of hydrogen-bond acceptors (Lipinski definition) is 5. The second-order valence-corrected chi connectivity index (χ2v) is 10.4. The third kappa shape index (κ3) is 5.72. The molecule has 1 aliphatic rings. The van der Waals surface area contributed by atoms with Gasteiger partial charge in [0.2, 0.25) is 0 Å². The van der Waals surface area contributed by atoms with Crippen LogP contribution in [0.2, 0.25) is 5.02 Å². The molecule has 5 rings (SSSR count). The molecule has 0 aliphatic heterocycles. The van der Waals surface area contributed by atoms with Crippen LogP contribution in [0.15, 0.2) is 88.9 Å². The van der Waals surface area contributed by atoms with Crippen LogP contribution in [-0.4, -0.2) is 23.8 Å². The molecule has 0 spiro atoms. The highest BCUT2D eigenvalue weighted by Gasteiger charge is 2.33. The van der Waals surface area contributed by atoms with E-state index in [4.69, 9.17) is 16.3 Å². The van der Waals surface area contributed by atoms with E-state index in [1.54, 1.807) is 6.07 Å². The number of rotatable bonds is 8. The fourth-order valence-corrected chi connectivity index (χ4v) is 6.09. The van der Waals surface area contributed by atoms with Gasteiger partial charge >= 0.3 is 12.1 Å². The van der Waals surface area contributed by atoms with Crippen molar-refractivity contribution >= 4 is 35.6 Å². The monoisotopic (exact) mass is 567 g/mol. The smallest absolute Gasteiger partial charge is 0.416 e. The van der Waals surface area contributed by atoms with Crippen molar-refractivity contribution in [2.75, 3.05) is 6.61 Å². The summed E-state index contributed by atoms with van der Waals surface area (Å²) >= 11 is 7.36. The Balaban J connectivity index is 1.34. The first-order valence-corrected chi connectivity index (χ1v) is 13.3. The van der Waals surface area contributed by atoms with Gasteiger partial charge in [0, 0.05) is 40.1 Å². The maximum atomic E-state index is 13.5. The Morgan fingerprint density at radius 3 is 2.33 bits per heavy atom. The number of aromatic nitrogens is 1. The minimum absolute atomic E-state index is 0.0237. The van der Waals surface area contributed by atoms with Crippen molar-refractivity contribution in [2.24, 2.45) is 0 Å². The maximum absolute atomic E-state index is 13.5. The van der Waals surface area contributed by atoms with Gasteiger partial charge in [-0.2, -0.15) is 13.2 Å². The van der Waals surface area contributed by atoms with Crippen LogP contribution in [-0.2, 0) is 22.1 Å². The van der Waals surface area contributed by atoms with E-state index in [9.17, 15) is 22.8 Å². The molecular formula is C30H21ClF3NO3S. The van der Waals surface area contributed by atoms with Crippen molar-refractivity contribution < 1.29 is 27.5 Å². The highest BCUT2D eigenvalue weighted by atomic mass is 35.5. The third-order valence-corrected chi connectivity index (χ3v) is 8.26. The number of carbonyl (C=O) groups excluding carboxylic acids is 2. The van der Waals surface area contributed by atoms with Gasteiger partial charge in [-0.15, -0.1) is 0 Å². The zero-order valence-electron chi connectivity index (χ0n) is 20.4. The van der Waals surface area contributed by atoms with Gasteiger partial charge in [-0.1, -0.05) is 71.9 Å². The van der Waals surface area contributed by atoms with E-state index in [0.717, 1.165) is 46.1 Å². The van der Waals surface area contributed by atoms with Crippen LogP contribution < -0.4 is 0 Å². The average molecular weight is 568 g/mol. The summed E-state index contributed by atoms with van der Waals surface area (Å²) in [5.41, 5.74) is 3.93. The number of fused-ring (bicyclic) bond motifs is 3. The van der Waals surface area contributed by atoms with Gasteiger partial charge in [-0.25, -0.2) is 0 Å². The lowest BCUT2D eigenvalue weighted by Crippen LogP contribution is -2.13. The Morgan fingerprint density at radius 1 is 1.03 bits per heavy atom. The SMILES string of the molecule is O=Cc1cnccc1Sc1c(Cl)cc(C(F)(F)F)cc1CCC(=O)OCC1c2ccccc2-c2ccccc21. The first-order chi connectivity index (χ1) is 18.8. The van der Waals surface area contributed by atoms with Crippen molar-refractivity contribution in [3.8, 4) is 11.1 Å². The normalized spacial score (nSPS) is 12.6. The number of aryl methyl sites for hydroxylation is 1. The average Bonchev–Trinajstić information content (AvgIpc) is 3.25. The molecular weight excluding hydrogens is 547 g/mol. The Hall–Kier alpha value is -3.62. The molecule has 4 nitrogen and oxygen atoms in total. The summed E-state index contributed by atoms with van der Waals surface area (Å²) in [6.07, 6.45) is -1.32. The molecule has 0 amide bonds. The van der Waals surface area contributed by atoms with Crippen molar-refractivity contribution in [3.05, 3.63) is 112 Å². The van der Waals surface area contributed by atoms with Crippen molar-refractivity contribution in [2.45, 2.75) is 34.7 Å². The largest absolute Gasteiger partial charge is 0.465 e. The lowest BCUT2D eigenvalue weighted by Gasteiger charge is -2.17. The number of ether oxygens (including phenoxy) is 1. The van der Waals surface area contributed by atoms with Gasteiger partial charge in [0.05, 0.1) is 10.6 Å². The molecule has 198 valence electrons. The van der Waals surface area contributed by atoms with Crippen LogP contribution in [0.1, 0.15) is 45.0 Å². The summed E-state index contributed by atoms with van der Waals surface area (Å²) in [4.78, 5) is 29.0. The van der Waals surface area contributed by atoms with Gasteiger partial charge in [-0.05, 0) is 52.4 Å². The predicted molar refractivity (Wildman–Crippen MR) is 143 cm³/mol. The number of carbonyl (C=O) groups is 2. The molecule has 1 aromatic heterocycles.